The van der Waals surface area contributed by atoms with Gasteiger partial charge in [0.1, 0.15) is 5.82 Å². The molecule has 1 aliphatic heterocycles. The lowest BCUT2D eigenvalue weighted by Gasteiger charge is -2.29. The molecular formula is C16H25FN2O2. The summed E-state index contributed by atoms with van der Waals surface area (Å²) in [6, 6.07) is 6.81. The van der Waals surface area contributed by atoms with Gasteiger partial charge in [-0.15, -0.1) is 0 Å². The van der Waals surface area contributed by atoms with Crippen LogP contribution in [0.3, 0.4) is 0 Å². The minimum absolute atomic E-state index is 0.208. The molecule has 1 aliphatic rings. The van der Waals surface area contributed by atoms with Crippen molar-refractivity contribution in [2.24, 2.45) is 0 Å². The highest BCUT2D eigenvalue weighted by Gasteiger charge is 2.15. The van der Waals surface area contributed by atoms with Crippen LogP contribution in [-0.4, -0.2) is 61.5 Å². The van der Waals surface area contributed by atoms with Gasteiger partial charge in [0.25, 0.3) is 0 Å². The average Bonchev–Trinajstić information content (AvgIpc) is 2.49. The summed E-state index contributed by atoms with van der Waals surface area (Å²) in [6.07, 6.45) is 0.448. The Morgan fingerprint density at radius 2 is 1.95 bits per heavy atom. The van der Waals surface area contributed by atoms with E-state index in [-0.39, 0.29) is 18.0 Å². The van der Waals surface area contributed by atoms with E-state index in [0.29, 0.717) is 13.1 Å². The van der Waals surface area contributed by atoms with Crippen LogP contribution in [0.4, 0.5) is 4.39 Å². The van der Waals surface area contributed by atoms with E-state index >= 15 is 0 Å². The smallest absolute Gasteiger partial charge is 0.123 e. The number of hydrogen-bond acceptors (Lipinski definition) is 4. The molecule has 118 valence electrons. The number of nitrogens with zero attached hydrogens (tertiary/aromatic N) is 1. The van der Waals surface area contributed by atoms with Crippen molar-refractivity contribution in [3.05, 3.63) is 35.6 Å². The Bertz CT molecular complexity index is 407. The molecule has 21 heavy (non-hydrogen) atoms. The number of aliphatic hydroxyl groups excluding tert-OH is 1. The first-order chi connectivity index (χ1) is 10.1. The maximum atomic E-state index is 12.8. The summed E-state index contributed by atoms with van der Waals surface area (Å²) in [7, 11) is 0. The average molecular weight is 296 g/mol. The highest BCUT2D eigenvalue weighted by Crippen LogP contribution is 2.06. The Morgan fingerprint density at radius 3 is 2.62 bits per heavy atom. The van der Waals surface area contributed by atoms with Crippen molar-refractivity contribution in [2.75, 3.05) is 39.4 Å². The van der Waals surface area contributed by atoms with Crippen molar-refractivity contribution in [1.29, 1.82) is 0 Å². The third-order valence-electron chi connectivity index (χ3n) is 3.73. The molecular weight excluding hydrogens is 271 g/mol. The summed E-state index contributed by atoms with van der Waals surface area (Å²) < 4.78 is 18.1. The Labute approximate surface area is 125 Å². The summed E-state index contributed by atoms with van der Waals surface area (Å²) >= 11 is 0. The molecule has 0 aromatic heterocycles. The number of β-amino-alcohol motifs (C(OH)–C–C–N with tert-alkyl or cyclic N) is 1. The highest BCUT2D eigenvalue weighted by atomic mass is 19.1. The van der Waals surface area contributed by atoms with E-state index in [1.807, 2.05) is 0 Å². The fraction of sp³-hybridized carbons (Fsp3) is 0.625. The molecule has 0 spiro atoms. The van der Waals surface area contributed by atoms with E-state index < -0.39 is 0 Å². The fourth-order valence-corrected chi connectivity index (χ4v) is 2.53. The molecule has 0 radical (unpaired) electrons. The van der Waals surface area contributed by atoms with Crippen molar-refractivity contribution < 1.29 is 14.2 Å². The zero-order chi connectivity index (χ0) is 15.1. The van der Waals surface area contributed by atoms with E-state index in [0.717, 1.165) is 38.3 Å². The Kier molecular flexibility index (Phi) is 6.57. The molecule has 0 aliphatic carbocycles. The molecule has 0 amide bonds. The zero-order valence-corrected chi connectivity index (χ0v) is 12.6. The molecule has 1 heterocycles. The van der Waals surface area contributed by atoms with Gasteiger partial charge in [-0.2, -0.15) is 0 Å². The summed E-state index contributed by atoms with van der Waals surface area (Å²) in [5.41, 5.74) is 1.10. The topological polar surface area (TPSA) is 44.7 Å². The molecule has 1 fully saturated rings. The fourth-order valence-electron chi connectivity index (χ4n) is 2.53. The van der Waals surface area contributed by atoms with E-state index in [2.05, 4.69) is 17.1 Å². The number of ether oxygens (including phenoxy) is 1. The van der Waals surface area contributed by atoms with Crippen LogP contribution < -0.4 is 5.32 Å². The van der Waals surface area contributed by atoms with Crippen LogP contribution in [0.5, 0.6) is 0 Å². The minimum atomic E-state index is -0.376. The monoisotopic (exact) mass is 296 g/mol. The summed E-state index contributed by atoms with van der Waals surface area (Å²) in [4.78, 5) is 2.22. The third kappa shape index (κ3) is 6.09. The first kappa shape index (κ1) is 16.4. The minimum Gasteiger partial charge on any atom is -0.390 e. The number of benzene rings is 1. The quantitative estimate of drug-likeness (QED) is 0.789. The van der Waals surface area contributed by atoms with Crippen molar-refractivity contribution in [2.45, 2.75) is 25.5 Å². The molecule has 2 atom stereocenters. The van der Waals surface area contributed by atoms with Gasteiger partial charge in [0.05, 0.1) is 19.3 Å². The van der Waals surface area contributed by atoms with E-state index in [4.69, 9.17) is 4.74 Å². The molecule has 1 aromatic rings. The van der Waals surface area contributed by atoms with Crippen LogP contribution in [0, 0.1) is 5.82 Å². The number of aliphatic hydroxyl groups is 1. The van der Waals surface area contributed by atoms with Gasteiger partial charge in [0.15, 0.2) is 0 Å². The predicted octanol–water partition coefficient (Wildman–Crippen LogP) is 1.04. The third-order valence-corrected chi connectivity index (χ3v) is 3.73. The van der Waals surface area contributed by atoms with E-state index in [1.54, 1.807) is 12.1 Å². The first-order valence-corrected chi connectivity index (χ1v) is 7.59. The highest BCUT2D eigenvalue weighted by molar-refractivity contribution is 5.16. The second-order valence-electron chi connectivity index (χ2n) is 5.71. The van der Waals surface area contributed by atoms with Crippen LogP contribution in [0.2, 0.25) is 0 Å². The zero-order valence-electron chi connectivity index (χ0n) is 12.6. The second kappa shape index (κ2) is 8.44. The van der Waals surface area contributed by atoms with Crippen LogP contribution in [-0.2, 0) is 11.2 Å². The van der Waals surface area contributed by atoms with Crippen molar-refractivity contribution in [3.63, 3.8) is 0 Å². The molecule has 0 saturated carbocycles. The summed E-state index contributed by atoms with van der Waals surface area (Å²) in [5.74, 6) is -0.208. The Balaban J connectivity index is 1.65. The maximum absolute atomic E-state index is 12.8. The van der Waals surface area contributed by atoms with Crippen LogP contribution in [0.15, 0.2) is 24.3 Å². The normalized spacial score (nSPS) is 19.4. The van der Waals surface area contributed by atoms with E-state index in [1.165, 1.54) is 12.1 Å². The number of rotatable bonds is 7. The molecule has 1 aromatic carbocycles. The lowest BCUT2D eigenvalue weighted by atomic mass is 10.1. The van der Waals surface area contributed by atoms with E-state index in [9.17, 15) is 9.50 Å². The number of morpholine rings is 1. The Morgan fingerprint density at radius 1 is 1.29 bits per heavy atom. The van der Waals surface area contributed by atoms with Gasteiger partial charge in [0.2, 0.25) is 0 Å². The van der Waals surface area contributed by atoms with Gasteiger partial charge in [-0.25, -0.2) is 4.39 Å². The first-order valence-electron chi connectivity index (χ1n) is 7.59. The van der Waals surface area contributed by atoms with Gasteiger partial charge in [0, 0.05) is 32.2 Å². The van der Waals surface area contributed by atoms with Gasteiger partial charge < -0.3 is 15.2 Å². The molecule has 1 saturated heterocycles. The standard InChI is InChI=1S/C16H25FN2O2/c1-13(10-14-2-4-15(17)5-3-14)18-11-16(20)12-19-6-8-21-9-7-19/h2-5,13,16,18,20H,6-12H2,1H3. The number of hydrogen-bond donors (Lipinski definition) is 2. The van der Waals surface area contributed by atoms with Crippen LogP contribution in [0.1, 0.15) is 12.5 Å². The molecule has 2 N–H and O–H groups in total. The van der Waals surface area contributed by atoms with Gasteiger partial charge in [-0.05, 0) is 31.0 Å². The predicted molar refractivity (Wildman–Crippen MR) is 80.8 cm³/mol. The molecule has 0 bridgehead atoms. The number of nitrogens with one attached hydrogen (secondary N) is 1. The lowest BCUT2D eigenvalue weighted by Crippen LogP contribution is -2.45. The molecule has 2 rings (SSSR count). The summed E-state index contributed by atoms with van der Waals surface area (Å²) in [6.45, 7) is 6.61. The van der Waals surface area contributed by atoms with Crippen molar-refractivity contribution in [1.82, 2.24) is 10.2 Å². The van der Waals surface area contributed by atoms with Gasteiger partial charge >= 0.3 is 0 Å². The lowest BCUT2D eigenvalue weighted by molar-refractivity contribution is 0.0145. The largest absolute Gasteiger partial charge is 0.390 e. The second-order valence-corrected chi connectivity index (χ2v) is 5.71. The molecule has 4 nitrogen and oxygen atoms in total. The van der Waals surface area contributed by atoms with Crippen molar-refractivity contribution in [3.8, 4) is 0 Å². The molecule has 5 heteroatoms. The molecule has 2 unspecified atom stereocenters. The maximum Gasteiger partial charge on any atom is 0.123 e. The van der Waals surface area contributed by atoms with Gasteiger partial charge in [-0.1, -0.05) is 12.1 Å². The van der Waals surface area contributed by atoms with Crippen LogP contribution in [0.25, 0.3) is 0 Å². The van der Waals surface area contributed by atoms with Gasteiger partial charge in [-0.3, -0.25) is 4.90 Å². The summed E-state index contributed by atoms with van der Waals surface area (Å²) in [5, 5.41) is 13.4. The van der Waals surface area contributed by atoms with Crippen LogP contribution >= 0.6 is 0 Å². The number of halogens is 1. The Hall–Kier alpha value is -1.01. The SMILES string of the molecule is CC(Cc1ccc(F)cc1)NCC(O)CN1CCOCC1. The van der Waals surface area contributed by atoms with Crippen molar-refractivity contribution >= 4 is 0 Å².